The van der Waals surface area contributed by atoms with E-state index >= 15 is 0 Å². The Kier molecular flexibility index (Phi) is 6.23. The number of alkyl halides is 7. The van der Waals surface area contributed by atoms with Gasteiger partial charge in [0.2, 0.25) is 0 Å². The monoisotopic (exact) mass is 363 g/mol. The molecule has 0 aromatic heterocycles. The highest BCUT2D eigenvalue weighted by Gasteiger charge is 2.79. The molecule has 0 heterocycles. The highest BCUT2D eigenvalue weighted by Crippen LogP contribution is 2.49. The third-order valence-corrected chi connectivity index (χ3v) is 4.32. The summed E-state index contributed by atoms with van der Waals surface area (Å²) in [4.78, 5) is 11.0. The number of ether oxygens (including phenoxy) is 1. The summed E-state index contributed by atoms with van der Waals surface area (Å²) in [5.74, 6) is -8.21. The van der Waals surface area contributed by atoms with Crippen LogP contribution in [-0.4, -0.2) is 55.7 Å². The second kappa shape index (κ2) is 6.56. The van der Waals surface area contributed by atoms with Crippen LogP contribution in [0.5, 0.6) is 0 Å². The van der Waals surface area contributed by atoms with Crippen LogP contribution in [0.25, 0.3) is 0 Å². The fourth-order valence-electron chi connectivity index (χ4n) is 1.21. The Bertz CT molecular complexity index is 503. The number of carbonyl (C=O) groups excluding carboxylic acids is 1. The molecular formula is C9H12F7NO4S. The summed E-state index contributed by atoms with van der Waals surface area (Å²) in [6.45, 7) is -0.472. The topological polar surface area (TPSA) is 63.7 Å². The van der Waals surface area contributed by atoms with Crippen molar-refractivity contribution in [1.82, 2.24) is 4.31 Å². The first-order valence-corrected chi connectivity index (χ1v) is 7.08. The molecule has 22 heavy (non-hydrogen) atoms. The fraction of sp³-hybridized carbons (Fsp3) is 0.889. The zero-order chi connectivity index (χ0) is 18.0. The molecule has 13 heteroatoms. The number of halogens is 7. The van der Waals surface area contributed by atoms with Gasteiger partial charge in [-0.25, -0.2) is 8.42 Å². The van der Waals surface area contributed by atoms with Gasteiger partial charge in [-0.3, -0.25) is 4.79 Å². The van der Waals surface area contributed by atoms with Gasteiger partial charge in [-0.15, -0.1) is 0 Å². The number of hydrogen-bond acceptors (Lipinski definition) is 4. The standard InChI is InChI=1S/C9H12F7NO4S/c1-3-17(5-6(18)21-4-2)22(19,20)9(15,16)7(10,11)8(12,13)14/h3-5H2,1-2H3. The zero-order valence-corrected chi connectivity index (χ0v) is 12.1. The number of hydrogen-bond donors (Lipinski definition) is 0. The summed E-state index contributed by atoms with van der Waals surface area (Å²) in [6.07, 6.45) is -6.80. The van der Waals surface area contributed by atoms with E-state index in [1.54, 1.807) is 0 Å². The summed E-state index contributed by atoms with van der Waals surface area (Å²) in [7, 11) is -6.48. The molecule has 5 nitrogen and oxygen atoms in total. The molecule has 0 aliphatic carbocycles. The maximum absolute atomic E-state index is 13.3. The molecule has 0 aromatic carbocycles. The maximum Gasteiger partial charge on any atom is 0.461 e. The van der Waals surface area contributed by atoms with Gasteiger partial charge in [0.25, 0.3) is 10.0 Å². The molecule has 0 amide bonds. The van der Waals surface area contributed by atoms with Gasteiger partial charge in [0.15, 0.2) is 0 Å². The summed E-state index contributed by atoms with van der Waals surface area (Å²) < 4.78 is 115. The summed E-state index contributed by atoms with van der Waals surface area (Å²) >= 11 is 0. The van der Waals surface area contributed by atoms with Crippen molar-refractivity contribution in [2.75, 3.05) is 19.7 Å². The van der Waals surface area contributed by atoms with Crippen molar-refractivity contribution in [3.8, 4) is 0 Å². The highest BCUT2D eigenvalue weighted by atomic mass is 32.2. The smallest absolute Gasteiger partial charge is 0.461 e. The predicted molar refractivity (Wildman–Crippen MR) is 58.7 cm³/mol. The lowest BCUT2D eigenvalue weighted by atomic mass is 10.3. The van der Waals surface area contributed by atoms with Crippen LogP contribution >= 0.6 is 0 Å². The van der Waals surface area contributed by atoms with Crippen LogP contribution in [0, 0.1) is 0 Å². The van der Waals surface area contributed by atoms with Crippen molar-refractivity contribution in [1.29, 1.82) is 0 Å². The molecule has 0 rings (SSSR count). The molecule has 0 radical (unpaired) electrons. The van der Waals surface area contributed by atoms with Crippen LogP contribution in [0.4, 0.5) is 30.7 Å². The minimum absolute atomic E-state index is 0.272. The third kappa shape index (κ3) is 3.62. The van der Waals surface area contributed by atoms with Crippen LogP contribution < -0.4 is 0 Å². The van der Waals surface area contributed by atoms with Gasteiger partial charge in [0, 0.05) is 6.54 Å². The predicted octanol–water partition coefficient (Wildman–Crippen LogP) is 1.99. The fourth-order valence-corrected chi connectivity index (χ4v) is 2.59. The minimum Gasteiger partial charge on any atom is -0.465 e. The van der Waals surface area contributed by atoms with Gasteiger partial charge in [0.1, 0.15) is 6.54 Å². The first kappa shape index (κ1) is 20.9. The van der Waals surface area contributed by atoms with E-state index in [0.717, 1.165) is 6.92 Å². The van der Waals surface area contributed by atoms with Gasteiger partial charge in [-0.1, -0.05) is 6.92 Å². The molecule has 0 saturated carbocycles. The average molecular weight is 363 g/mol. The molecule has 0 aliphatic heterocycles. The Hall–Kier alpha value is -1.11. The Balaban J connectivity index is 5.72. The lowest BCUT2D eigenvalue weighted by Gasteiger charge is -2.31. The first-order valence-electron chi connectivity index (χ1n) is 5.64. The van der Waals surface area contributed by atoms with Crippen LogP contribution in [0.3, 0.4) is 0 Å². The number of nitrogens with zero attached hydrogens (tertiary/aromatic N) is 1. The average Bonchev–Trinajstić information content (AvgIpc) is 2.34. The maximum atomic E-state index is 13.3. The molecule has 0 fully saturated rings. The molecule has 0 N–H and O–H groups in total. The van der Waals surface area contributed by atoms with Crippen molar-refractivity contribution in [3.05, 3.63) is 0 Å². The third-order valence-electron chi connectivity index (χ3n) is 2.35. The van der Waals surface area contributed by atoms with Crippen molar-refractivity contribution >= 4 is 16.0 Å². The molecule has 0 spiro atoms. The van der Waals surface area contributed by atoms with E-state index in [1.807, 2.05) is 0 Å². The molecule has 0 bridgehead atoms. The van der Waals surface area contributed by atoms with Crippen LogP contribution in [0.1, 0.15) is 13.8 Å². The van der Waals surface area contributed by atoms with Crippen molar-refractivity contribution < 1.29 is 48.7 Å². The normalized spacial score (nSPS) is 14.3. The largest absolute Gasteiger partial charge is 0.465 e. The second-order valence-electron chi connectivity index (χ2n) is 3.83. The van der Waals surface area contributed by atoms with E-state index in [9.17, 15) is 43.9 Å². The van der Waals surface area contributed by atoms with E-state index < -0.39 is 50.7 Å². The zero-order valence-electron chi connectivity index (χ0n) is 11.3. The number of esters is 1. The molecule has 0 unspecified atom stereocenters. The van der Waals surface area contributed by atoms with Crippen molar-refractivity contribution in [2.45, 2.75) is 31.2 Å². The molecule has 0 aromatic rings. The van der Waals surface area contributed by atoms with Crippen molar-refractivity contribution in [2.24, 2.45) is 0 Å². The van der Waals surface area contributed by atoms with Crippen LogP contribution in [-0.2, 0) is 19.6 Å². The van der Waals surface area contributed by atoms with Gasteiger partial charge >= 0.3 is 23.3 Å². The summed E-state index contributed by atoms with van der Waals surface area (Å²) in [5, 5.41) is -6.49. The van der Waals surface area contributed by atoms with Gasteiger partial charge in [-0.2, -0.15) is 35.0 Å². The van der Waals surface area contributed by atoms with Crippen molar-refractivity contribution in [3.63, 3.8) is 0 Å². The molecule has 0 saturated heterocycles. The molecular weight excluding hydrogens is 351 g/mol. The molecule has 0 atom stereocenters. The lowest BCUT2D eigenvalue weighted by Crippen LogP contribution is -2.60. The molecule has 0 aliphatic rings. The van der Waals surface area contributed by atoms with E-state index in [1.165, 1.54) is 6.92 Å². The Labute approximate surface area is 121 Å². The van der Waals surface area contributed by atoms with Gasteiger partial charge in [0.05, 0.1) is 6.61 Å². The Morgan fingerprint density at radius 3 is 1.82 bits per heavy atom. The van der Waals surface area contributed by atoms with E-state index in [4.69, 9.17) is 0 Å². The van der Waals surface area contributed by atoms with Crippen LogP contribution in [0.2, 0.25) is 0 Å². The number of sulfonamides is 1. The number of likely N-dealkylation sites (N-methyl/N-ethyl adjacent to an activating group) is 1. The minimum atomic E-state index is -6.83. The SMILES string of the molecule is CCOC(=O)CN(CC)S(=O)(=O)C(F)(F)C(F)(F)C(F)(F)F. The lowest BCUT2D eigenvalue weighted by molar-refractivity contribution is -0.332. The highest BCUT2D eigenvalue weighted by molar-refractivity contribution is 7.90. The Morgan fingerprint density at radius 1 is 1.05 bits per heavy atom. The van der Waals surface area contributed by atoms with Crippen LogP contribution in [0.15, 0.2) is 0 Å². The van der Waals surface area contributed by atoms with E-state index in [0.29, 0.717) is 0 Å². The van der Waals surface area contributed by atoms with Gasteiger partial charge in [-0.05, 0) is 6.92 Å². The van der Waals surface area contributed by atoms with E-state index in [2.05, 4.69) is 4.74 Å². The second-order valence-corrected chi connectivity index (χ2v) is 5.80. The number of carbonyl (C=O) groups is 1. The van der Waals surface area contributed by atoms with Gasteiger partial charge < -0.3 is 4.74 Å². The number of rotatable bonds is 7. The summed E-state index contributed by atoms with van der Waals surface area (Å²) in [6, 6.07) is 0. The first-order chi connectivity index (χ1) is 9.66. The quantitative estimate of drug-likeness (QED) is 0.513. The van der Waals surface area contributed by atoms with E-state index in [-0.39, 0.29) is 6.61 Å². The summed E-state index contributed by atoms with van der Waals surface area (Å²) in [5.41, 5.74) is 0. The molecule has 132 valence electrons. The Morgan fingerprint density at radius 2 is 1.50 bits per heavy atom.